The summed E-state index contributed by atoms with van der Waals surface area (Å²) in [4.78, 5) is 0. The largest absolute Gasteiger partial charge is 0.0845 e. The van der Waals surface area contributed by atoms with Crippen molar-refractivity contribution in [3.8, 4) is 0 Å². The zero-order chi connectivity index (χ0) is 9.64. The topological polar surface area (TPSA) is 0 Å². The molecular formula is C14H22. The van der Waals surface area contributed by atoms with Gasteiger partial charge in [-0.15, -0.1) is 0 Å². The van der Waals surface area contributed by atoms with Gasteiger partial charge in [0.2, 0.25) is 0 Å². The Balaban J connectivity index is 1.99. The van der Waals surface area contributed by atoms with Crippen LogP contribution in [-0.4, -0.2) is 0 Å². The summed E-state index contributed by atoms with van der Waals surface area (Å²) in [7, 11) is 0. The molecule has 1 saturated carbocycles. The molecule has 1 fully saturated rings. The molecule has 0 aliphatic heterocycles. The maximum absolute atomic E-state index is 2.41. The van der Waals surface area contributed by atoms with E-state index >= 15 is 0 Å². The van der Waals surface area contributed by atoms with Gasteiger partial charge in [-0.1, -0.05) is 43.1 Å². The molecule has 0 aromatic carbocycles. The fraction of sp³-hybridized carbons (Fsp3) is 0.714. The molecule has 2 aliphatic rings. The Morgan fingerprint density at radius 3 is 2.79 bits per heavy atom. The van der Waals surface area contributed by atoms with Crippen molar-refractivity contribution >= 4 is 0 Å². The van der Waals surface area contributed by atoms with Crippen molar-refractivity contribution in [3.63, 3.8) is 0 Å². The van der Waals surface area contributed by atoms with Gasteiger partial charge < -0.3 is 0 Å². The van der Waals surface area contributed by atoms with Crippen LogP contribution in [0.3, 0.4) is 0 Å². The quantitative estimate of drug-likeness (QED) is 0.522. The molecule has 0 nitrogen and oxygen atoms in total. The third kappa shape index (κ3) is 2.73. The van der Waals surface area contributed by atoms with Gasteiger partial charge in [0.25, 0.3) is 0 Å². The molecule has 2 aliphatic carbocycles. The predicted molar refractivity (Wildman–Crippen MR) is 62.3 cm³/mol. The first-order valence-electron chi connectivity index (χ1n) is 6.32. The summed E-state index contributed by atoms with van der Waals surface area (Å²) in [5.74, 6) is 0.942. The van der Waals surface area contributed by atoms with Crippen molar-refractivity contribution < 1.29 is 0 Å². The molecule has 0 amide bonds. The lowest BCUT2D eigenvalue weighted by atomic mass is 9.95. The lowest BCUT2D eigenvalue weighted by Crippen LogP contribution is -1.96. The molecule has 78 valence electrons. The van der Waals surface area contributed by atoms with Crippen molar-refractivity contribution in [1.29, 1.82) is 0 Å². The zero-order valence-electron chi connectivity index (χ0n) is 9.17. The molecule has 0 heterocycles. The van der Waals surface area contributed by atoms with Gasteiger partial charge in [-0.25, -0.2) is 0 Å². The molecule has 0 aromatic heterocycles. The molecule has 0 radical (unpaired) electrons. The molecule has 0 bridgehead atoms. The summed E-state index contributed by atoms with van der Waals surface area (Å²) in [5.41, 5.74) is 1.74. The van der Waals surface area contributed by atoms with E-state index in [9.17, 15) is 0 Å². The number of rotatable bonds is 0. The lowest BCUT2D eigenvalue weighted by molar-refractivity contribution is 0.516. The SMILES string of the molecule is C1=CCCCCCCC2CCCC2=C1. The summed E-state index contributed by atoms with van der Waals surface area (Å²) in [6, 6.07) is 0. The molecule has 14 heavy (non-hydrogen) atoms. The van der Waals surface area contributed by atoms with E-state index in [0.717, 1.165) is 5.92 Å². The summed E-state index contributed by atoms with van der Waals surface area (Å²) >= 11 is 0. The van der Waals surface area contributed by atoms with Crippen LogP contribution in [0.1, 0.15) is 57.8 Å². The maximum Gasteiger partial charge on any atom is -0.0200 e. The highest BCUT2D eigenvalue weighted by atomic mass is 14.2. The molecule has 1 atom stereocenters. The fourth-order valence-corrected chi connectivity index (χ4v) is 2.79. The average Bonchev–Trinajstić information content (AvgIpc) is 2.61. The molecule has 0 saturated heterocycles. The summed E-state index contributed by atoms with van der Waals surface area (Å²) < 4.78 is 0. The van der Waals surface area contributed by atoms with Gasteiger partial charge in [-0.2, -0.15) is 0 Å². The number of hydrogen-bond donors (Lipinski definition) is 0. The second-order valence-corrected chi connectivity index (χ2v) is 4.75. The second kappa shape index (κ2) is 5.38. The minimum Gasteiger partial charge on any atom is -0.0845 e. The molecule has 0 heteroatoms. The summed E-state index contributed by atoms with van der Waals surface area (Å²) in [6.07, 6.45) is 19.8. The number of allylic oxidation sites excluding steroid dienone is 4. The van der Waals surface area contributed by atoms with Crippen LogP contribution in [0.2, 0.25) is 0 Å². The van der Waals surface area contributed by atoms with Gasteiger partial charge in [0.1, 0.15) is 0 Å². The van der Waals surface area contributed by atoms with Crippen molar-refractivity contribution in [2.24, 2.45) is 5.92 Å². The molecule has 0 N–H and O–H groups in total. The first-order valence-corrected chi connectivity index (χ1v) is 6.32. The Labute approximate surface area is 88.1 Å². The monoisotopic (exact) mass is 190 g/mol. The van der Waals surface area contributed by atoms with E-state index in [0.29, 0.717) is 0 Å². The Bertz CT molecular complexity index is 222. The number of hydrogen-bond acceptors (Lipinski definition) is 0. The second-order valence-electron chi connectivity index (χ2n) is 4.75. The van der Waals surface area contributed by atoms with Gasteiger partial charge in [0.05, 0.1) is 0 Å². The summed E-state index contributed by atoms with van der Waals surface area (Å²) in [5, 5.41) is 0. The van der Waals surface area contributed by atoms with E-state index in [1.165, 1.54) is 57.8 Å². The van der Waals surface area contributed by atoms with E-state index in [4.69, 9.17) is 0 Å². The Hall–Kier alpha value is -0.520. The van der Waals surface area contributed by atoms with Crippen LogP contribution in [-0.2, 0) is 0 Å². The first kappa shape index (κ1) is 10.0. The normalized spacial score (nSPS) is 29.1. The highest BCUT2D eigenvalue weighted by molar-refractivity contribution is 5.18. The van der Waals surface area contributed by atoms with E-state index < -0.39 is 0 Å². The van der Waals surface area contributed by atoms with Gasteiger partial charge >= 0.3 is 0 Å². The van der Waals surface area contributed by atoms with Gasteiger partial charge in [0.15, 0.2) is 0 Å². The maximum atomic E-state index is 2.41. The van der Waals surface area contributed by atoms with Gasteiger partial charge in [0, 0.05) is 0 Å². The molecule has 0 spiro atoms. The third-order valence-electron chi connectivity index (χ3n) is 3.66. The van der Waals surface area contributed by atoms with Crippen LogP contribution in [0.25, 0.3) is 0 Å². The third-order valence-corrected chi connectivity index (χ3v) is 3.66. The first-order chi connectivity index (χ1) is 6.97. The van der Waals surface area contributed by atoms with Crippen LogP contribution in [0, 0.1) is 5.92 Å². The van der Waals surface area contributed by atoms with Crippen LogP contribution < -0.4 is 0 Å². The summed E-state index contributed by atoms with van der Waals surface area (Å²) in [6.45, 7) is 0. The van der Waals surface area contributed by atoms with Gasteiger partial charge in [-0.05, 0) is 44.4 Å². The van der Waals surface area contributed by atoms with Crippen LogP contribution in [0.5, 0.6) is 0 Å². The smallest absolute Gasteiger partial charge is 0.0200 e. The lowest BCUT2D eigenvalue weighted by Gasteiger charge is -2.10. The van der Waals surface area contributed by atoms with Crippen molar-refractivity contribution in [2.75, 3.05) is 0 Å². The van der Waals surface area contributed by atoms with Crippen LogP contribution >= 0.6 is 0 Å². The molecule has 2 rings (SSSR count). The Kier molecular flexibility index (Phi) is 3.85. The molecule has 0 aromatic rings. The van der Waals surface area contributed by atoms with E-state index in [-0.39, 0.29) is 0 Å². The van der Waals surface area contributed by atoms with Crippen LogP contribution in [0.15, 0.2) is 23.8 Å². The van der Waals surface area contributed by atoms with E-state index in [2.05, 4.69) is 18.2 Å². The highest BCUT2D eigenvalue weighted by Gasteiger charge is 2.19. The fourth-order valence-electron chi connectivity index (χ4n) is 2.79. The predicted octanol–water partition coefficient (Wildman–Crippen LogP) is 4.62. The van der Waals surface area contributed by atoms with E-state index in [1.807, 2.05) is 0 Å². The number of fused-ring (bicyclic) bond motifs is 1. The Morgan fingerprint density at radius 2 is 1.79 bits per heavy atom. The Morgan fingerprint density at radius 1 is 0.929 bits per heavy atom. The highest BCUT2D eigenvalue weighted by Crippen LogP contribution is 2.35. The standard InChI is InChI=1S/C14H22/c1-2-4-6-9-13-11-8-12-14(13)10-7-5-3-1/h4,6,9,14H,1-3,5,7-8,10-12H2. The van der Waals surface area contributed by atoms with Crippen molar-refractivity contribution in [3.05, 3.63) is 23.8 Å². The van der Waals surface area contributed by atoms with Crippen molar-refractivity contribution in [1.82, 2.24) is 0 Å². The minimum atomic E-state index is 0.942. The van der Waals surface area contributed by atoms with Gasteiger partial charge in [-0.3, -0.25) is 0 Å². The zero-order valence-corrected chi connectivity index (χ0v) is 9.17. The molecular weight excluding hydrogens is 168 g/mol. The van der Waals surface area contributed by atoms with E-state index in [1.54, 1.807) is 5.57 Å². The average molecular weight is 190 g/mol. The van der Waals surface area contributed by atoms with Crippen molar-refractivity contribution in [2.45, 2.75) is 57.8 Å². The minimum absolute atomic E-state index is 0.942. The van der Waals surface area contributed by atoms with Crippen LogP contribution in [0.4, 0.5) is 0 Å². The molecule has 1 unspecified atom stereocenters.